The standard InChI is InChI=1S/C13H18ClFN2S/c1-17-5-6-18-8-12(17)11(16)7-9-3-2-4-10(15)13(9)14/h2-4,11-12H,5-8,16H2,1H3. The van der Waals surface area contributed by atoms with Crippen molar-refractivity contribution in [1.29, 1.82) is 0 Å². The van der Waals surface area contributed by atoms with Gasteiger partial charge in [0.1, 0.15) is 5.82 Å². The molecule has 0 bridgehead atoms. The van der Waals surface area contributed by atoms with Crippen LogP contribution in [0.3, 0.4) is 0 Å². The van der Waals surface area contributed by atoms with Gasteiger partial charge in [0.15, 0.2) is 0 Å². The van der Waals surface area contributed by atoms with Gasteiger partial charge in [0.2, 0.25) is 0 Å². The van der Waals surface area contributed by atoms with Crippen molar-refractivity contribution >= 4 is 23.4 Å². The maximum atomic E-state index is 13.4. The zero-order valence-electron chi connectivity index (χ0n) is 10.4. The molecule has 2 rings (SSSR count). The SMILES string of the molecule is CN1CCSCC1C(N)Cc1cccc(F)c1Cl. The molecule has 0 radical (unpaired) electrons. The fourth-order valence-electron chi connectivity index (χ4n) is 2.25. The van der Waals surface area contributed by atoms with Gasteiger partial charge in [-0.3, -0.25) is 0 Å². The van der Waals surface area contributed by atoms with Gasteiger partial charge >= 0.3 is 0 Å². The summed E-state index contributed by atoms with van der Waals surface area (Å²) in [6.07, 6.45) is 0.617. The fourth-order valence-corrected chi connectivity index (χ4v) is 3.78. The molecule has 2 unspecified atom stereocenters. The minimum Gasteiger partial charge on any atom is -0.326 e. The van der Waals surface area contributed by atoms with Crippen molar-refractivity contribution in [3.05, 3.63) is 34.6 Å². The quantitative estimate of drug-likeness (QED) is 0.926. The molecule has 1 aliphatic heterocycles. The van der Waals surface area contributed by atoms with E-state index in [0.717, 1.165) is 23.6 Å². The largest absolute Gasteiger partial charge is 0.326 e. The predicted molar refractivity (Wildman–Crippen MR) is 76.8 cm³/mol. The van der Waals surface area contributed by atoms with Gasteiger partial charge < -0.3 is 10.6 Å². The van der Waals surface area contributed by atoms with Crippen LogP contribution in [-0.2, 0) is 6.42 Å². The van der Waals surface area contributed by atoms with Crippen LogP contribution in [0, 0.1) is 5.82 Å². The molecule has 5 heteroatoms. The molecule has 0 amide bonds. The van der Waals surface area contributed by atoms with E-state index >= 15 is 0 Å². The lowest BCUT2D eigenvalue weighted by molar-refractivity contribution is 0.235. The number of hydrogen-bond donors (Lipinski definition) is 1. The van der Waals surface area contributed by atoms with Crippen molar-refractivity contribution in [3.63, 3.8) is 0 Å². The summed E-state index contributed by atoms with van der Waals surface area (Å²) in [7, 11) is 2.09. The van der Waals surface area contributed by atoms with Crippen LogP contribution in [0.25, 0.3) is 0 Å². The molecule has 0 spiro atoms. The lowest BCUT2D eigenvalue weighted by Gasteiger charge is -2.36. The summed E-state index contributed by atoms with van der Waals surface area (Å²) in [5, 5.41) is 0.207. The Kier molecular flexibility index (Phi) is 4.90. The molecule has 2 N–H and O–H groups in total. The van der Waals surface area contributed by atoms with E-state index in [1.54, 1.807) is 6.07 Å². The highest BCUT2D eigenvalue weighted by Gasteiger charge is 2.26. The average molecular weight is 289 g/mol. The number of likely N-dealkylation sites (N-methyl/N-ethyl adjacent to an activating group) is 1. The second-order valence-electron chi connectivity index (χ2n) is 4.70. The molecule has 0 aromatic heterocycles. The summed E-state index contributed by atoms with van der Waals surface area (Å²) >= 11 is 7.89. The van der Waals surface area contributed by atoms with E-state index in [0.29, 0.717) is 12.5 Å². The van der Waals surface area contributed by atoms with Crippen LogP contribution in [-0.4, -0.2) is 42.1 Å². The molecule has 1 saturated heterocycles. The van der Waals surface area contributed by atoms with Crippen molar-refractivity contribution in [1.82, 2.24) is 4.90 Å². The van der Waals surface area contributed by atoms with Crippen molar-refractivity contribution in [2.45, 2.75) is 18.5 Å². The molecule has 1 fully saturated rings. The Hall–Kier alpha value is -0.290. The highest BCUT2D eigenvalue weighted by molar-refractivity contribution is 7.99. The second kappa shape index (κ2) is 6.24. The number of rotatable bonds is 3. The molecular formula is C13H18ClFN2S. The molecule has 1 aromatic carbocycles. The van der Waals surface area contributed by atoms with E-state index in [1.165, 1.54) is 6.07 Å². The normalized spacial score (nSPS) is 23.0. The summed E-state index contributed by atoms with van der Waals surface area (Å²) < 4.78 is 13.4. The van der Waals surface area contributed by atoms with Gasteiger partial charge in [-0.2, -0.15) is 11.8 Å². The van der Waals surface area contributed by atoms with E-state index in [4.69, 9.17) is 17.3 Å². The molecule has 2 atom stereocenters. The lowest BCUT2D eigenvalue weighted by Crippen LogP contribution is -2.51. The third-order valence-electron chi connectivity index (χ3n) is 3.42. The van der Waals surface area contributed by atoms with E-state index in [2.05, 4.69) is 11.9 Å². The minimum atomic E-state index is -0.368. The first-order valence-electron chi connectivity index (χ1n) is 6.06. The summed E-state index contributed by atoms with van der Waals surface area (Å²) in [6, 6.07) is 5.23. The Labute approximate surface area is 117 Å². The number of thioether (sulfide) groups is 1. The number of hydrogen-bond acceptors (Lipinski definition) is 3. The van der Waals surface area contributed by atoms with Gasteiger partial charge in [-0.05, 0) is 25.1 Å². The van der Waals surface area contributed by atoms with E-state index in [9.17, 15) is 4.39 Å². The molecular weight excluding hydrogens is 271 g/mol. The van der Waals surface area contributed by atoms with Crippen LogP contribution in [0.4, 0.5) is 4.39 Å². The third-order valence-corrected chi connectivity index (χ3v) is 4.90. The fraction of sp³-hybridized carbons (Fsp3) is 0.538. The van der Waals surface area contributed by atoms with Crippen molar-refractivity contribution in [3.8, 4) is 0 Å². The molecule has 0 aliphatic carbocycles. The minimum absolute atomic E-state index is 0.0119. The number of nitrogens with zero attached hydrogens (tertiary/aromatic N) is 1. The van der Waals surface area contributed by atoms with Crippen molar-refractivity contribution in [2.24, 2.45) is 5.73 Å². The van der Waals surface area contributed by atoms with Gasteiger partial charge in [0, 0.05) is 30.1 Å². The maximum absolute atomic E-state index is 13.4. The highest BCUT2D eigenvalue weighted by Crippen LogP contribution is 2.23. The van der Waals surface area contributed by atoms with Gasteiger partial charge in [0.25, 0.3) is 0 Å². The predicted octanol–water partition coefficient (Wildman–Crippen LogP) is 2.40. The summed E-state index contributed by atoms with van der Waals surface area (Å²) in [4.78, 5) is 2.29. The Bertz CT molecular complexity index is 416. The summed E-state index contributed by atoms with van der Waals surface area (Å²) in [6.45, 7) is 1.06. The van der Waals surface area contributed by atoms with Crippen LogP contribution < -0.4 is 5.73 Å². The first kappa shape index (κ1) is 14.1. The summed E-state index contributed by atoms with van der Waals surface area (Å²) in [5.74, 6) is 1.82. The van der Waals surface area contributed by atoms with Gasteiger partial charge in [0.05, 0.1) is 5.02 Å². The Morgan fingerprint density at radius 3 is 3.11 bits per heavy atom. The zero-order valence-corrected chi connectivity index (χ0v) is 12.0. The maximum Gasteiger partial charge on any atom is 0.142 e. The van der Waals surface area contributed by atoms with Crippen LogP contribution in [0.5, 0.6) is 0 Å². The molecule has 0 saturated carbocycles. The van der Waals surface area contributed by atoms with Gasteiger partial charge in [-0.25, -0.2) is 4.39 Å². The molecule has 1 aromatic rings. The smallest absolute Gasteiger partial charge is 0.142 e. The third kappa shape index (κ3) is 3.18. The van der Waals surface area contributed by atoms with Crippen LogP contribution >= 0.6 is 23.4 Å². The van der Waals surface area contributed by atoms with Gasteiger partial charge in [-0.15, -0.1) is 0 Å². The van der Waals surface area contributed by atoms with Gasteiger partial charge in [-0.1, -0.05) is 23.7 Å². The van der Waals surface area contributed by atoms with Crippen molar-refractivity contribution < 1.29 is 4.39 Å². The number of nitrogens with two attached hydrogens (primary N) is 1. The second-order valence-corrected chi connectivity index (χ2v) is 6.23. The van der Waals surface area contributed by atoms with Crippen LogP contribution in [0.1, 0.15) is 5.56 Å². The molecule has 100 valence electrons. The first-order chi connectivity index (χ1) is 8.59. The van der Waals surface area contributed by atoms with E-state index in [-0.39, 0.29) is 16.9 Å². The molecule has 18 heavy (non-hydrogen) atoms. The topological polar surface area (TPSA) is 29.3 Å². The first-order valence-corrected chi connectivity index (χ1v) is 7.59. The monoisotopic (exact) mass is 288 g/mol. The van der Waals surface area contributed by atoms with E-state index in [1.807, 2.05) is 17.8 Å². The molecule has 1 heterocycles. The van der Waals surface area contributed by atoms with Crippen LogP contribution in [0.15, 0.2) is 18.2 Å². The summed E-state index contributed by atoms with van der Waals surface area (Å²) in [5.41, 5.74) is 7.05. The number of benzene rings is 1. The Balaban J connectivity index is 2.06. The Morgan fingerprint density at radius 2 is 2.39 bits per heavy atom. The lowest BCUT2D eigenvalue weighted by atomic mass is 10.00. The molecule has 1 aliphatic rings. The van der Waals surface area contributed by atoms with Crippen LogP contribution in [0.2, 0.25) is 5.02 Å². The van der Waals surface area contributed by atoms with E-state index < -0.39 is 0 Å². The Morgan fingerprint density at radius 1 is 1.61 bits per heavy atom. The highest BCUT2D eigenvalue weighted by atomic mass is 35.5. The number of halogens is 2. The van der Waals surface area contributed by atoms with Crippen molar-refractivity contribution in [2.75, 3.05) is 25.1 Å². The average Bonchev–Trinajstić information content (AvgIpc) is 2.35. The zero-order chi connectivity index (χ0) is 13.1. The molecule has 2 nitrogen and oxygen atoms in total.